The van der Waals surface area contributed by atoms with Gasteiger partial charge >= 0.3 is 0 Å². The van der Waals surface area contributed by atoms with E-state index in [-0.39, 0.29) is 0 Å². The van der Waals surface area contributed by atoms with Gasteiger partial charge in [0.25, 0.3) is 0 Å². The fraction of sp³-hybridized carbons (Fsp3) is 0.429. The Morgan fingerprint density at radius 3 is 3.00 bits per heavy atom. The number of nitrogens with zero attached hydrogens (tertiary/aromatic N) is 2. The fourth-order valence-electron chi connectivity index (χ4n) is 1.79. The first-order valence-corrected chi connectivity index (χ1v) is 8.39. The van der Waals surface area contributed by atoms with Crippen LogP contribution in [0, 0.1) is 0 Å². The van der Waals surface area contributed by atoms with Crippen LogP contribution in [0.15, 0.2) is 32.8 Å². The highest BCUT2D eigenvalue weighted by Crippen LogP contribution is 2.40. The Labute approximate surface area is 121 Å². The van der Waals surface area contributed by atoms with Gasteiger partial charge < -0.3 is 5.32 Å². The molecule has 0 radical (unpaired) electrons. The summed E-state index contributed by atoms with van der Waals surface area (Å²) >= 11 is 3.48. The summed E-state index contributed by atoms with van der Waals surface area (Å²) in [4.78, 5) is 9.33. The van der Waals surface area contributed by atoms with Crippen LogP contribution in [0.3, 0.4) is 0 Å². The van der Waals surface area contributed by atoms with E-state index in [1.54, 1.807) is 23.1 Å². The van der Waals surface area contributed by atoms with E-state index >= 15 is 0 Å². The van der Waals surface area contributed by atoms with E-state index in [1.807, 2.05) is 0 Å². The zero-order valence-corrected chi connectivity index (χ0v) is 12.6. The number of rotatable bonds is 6. The van der Waals surface area contributed by atoms with Gasteiger partial charge in [-0.25, -0.2) is 9.97 Å². The van der Waals surface area contributed by atoms with Crippen LogP contribution in [0.4, 0.5) is 5.82 Å². The lowest BCUT2D eigenvalue weighted by molar-refractivity contribution is 0.869. The number of thiophene rings is 1. The Balaban J connectivity index is 1.82. The minimum Gasteiger partial charge on any atom is -0.370 e. The summed E-state index contributed by atoms with van der Waals surface area (Å²) in [5.74, 6) is 2.57. The molecule has 0 amide bonds. The molecule has 1 aliphatic carbocycles. The molecule has 1 fully saturated rings. The first-order valence-electron chi connectivity index (χ1n) is 6.69. The first kappa shape index (κ1) is 12.9. The van der Waals surface area contributed by atoms with Gasteiger partial charge in [-0.05, 0) is 30.7 Å². The molecular weight excluding hydrogens is 274 g/mol. The van der Waals surface area contributed by atoms with Crippen LogP contribution in [0.1, 0.15) is 37.9 Å². The summed E-state index contributed by atoms with van der Waals surface area (Å²) in [5, 5.41) is 6.53. The number of hydrogen-bond acceptors (Lipinski definition) is 5. The molecule has 1 saturated carbocycles. The highest BCUT2D eigenvalue weighted by molar-refractivity contribution is 8.01. The molecule has 2 aromatic rings. The molecule has 0 saturated heterocycles. The van der Waals surface area contributed by atoms with Gasteiger partial charge in [-0.2, -0.15) is 0 Å². The van der Waals surface area contributed by atoms with E-state index < -0.39 is 0 Å². The van der Waals surface area contributed by atoms with Gasteiger partial charge in [0.15, 0.2) is 0 Å². The van der Waals surface area contributed by atoms with Crippen molar-refractivity contribution in [3.8, 4) is 0 Å². The molecule has 1 aliphatic rings. The third kappa shape index (κ3) is 3.48. The van der Waals surface area contributed by atoms with Crippen LogP contribution in [-0.4, -0.2) is 16.5 Å². The summed E-state index contributed by atoms with van der Waals surface area (Å²) < 4.78 is 1.28. The van der Waals surface area contributed by atoms with Crippen molar-refractivity contribution >= 4 is 28.9 Å². The Morgan fingerprint density at radius 1 is 1.42 bits per heavy atom. The summed E-state index contributed by atoms with van der Waals surface area (Å²) in [6.07, 6.45) is 3.58. The monoisotopic (exact) mass is 291 g/mol. The van der Waals surface area contributed by atoms with Crippen LogP contribution < -0.4 is 5.32 Å². The second kappa shape index (κ2) is 5.92. The number of hydrogen-bond donors (Lipinski definition) is 1. The van der Waals surface area contributed by atoms with Crippen LogP contribution in [-0.2, 0) is 0 Å². The van der Waals surface area contributed by atoms with Gasteiger partial charge in [-0.3, -0.25) is 0 Å². The predicted molar refractivity (Wildman–Crippen MR) is 81.2 cm³/mol. The quantitative estimate of drug-likeness (QED) is 0.801. The summed E-state index contributed by atoms with van der Waals surface area (Å²) in [6, 6.07) is 6.27. The molecule has 0 aromatic carbocycles. The van der Waals surface area contributed by atoms with E-state index in [2.05, 4.69) is 40.8 Å². The van der Waals surface area contributed by atoms with Crippen molar-refractivity contribution in [2.24, 2.45) is 0 Å². The zero-order chi connectivity index (χ0) is 13.1. The third-order valence-electron chi connectivity index (χ3n) is 2.92. The highest BCUT2D eigenvalue weighted by atomic mass is 32.2. The van der Waals surface area contributed by atoms with E-state index in [0.29, 0.717) is 5.92 Å². The Bertz CT molecular complexity index is 536. The van der Waals surface area contributed by atoms with E-state index in [9.17, 15) is 0 Å². The van der Waals surface area contributed by atoms with Crippen LogP contribution in [0.5, 0.6) is 0 Å². The zero-order valence-electron chi connectivity index (χ0n) is 10.9. The topological polar surface area (TPSA) is 37.8 Å². The van der Waals surface area contributed by atoms with Gasteiger partial charge in [0.2, 0.25) is 0 Å². The molecule has 0 spiro atoms. The largest absolute Gasteiger partial charge is 0.370 e. The molecule has 19 heavy (non-hydrogen) atoms. The van der Waals surface area contributed by atoms with E-state index in [0.717, 1.165) is 29.6 Å². The van der Waals surface area contributed by atoms with Crippen molar-refractivity contribution < 1.29 is 0 Å². The molecule has 3 rings (SSSR count). The fourth-order valence-corrected chi connectivity index (χ4v) is 3.51. The van der Waals surface area contributed by atoms with Gasteiger partial charge in [0, 0.05) is 18.5 Å². The average Bonchev–Trinajstić information content (AvgIpc) is 3.16. The van der Waals surface area contributed by atoms with Gasteiger partial charge in [-0.15, -0.1) is 11.3 Å². The van der Waals surface area contributed by atoms with E-state index in [4.69, 9.17) is 4.98 Å². The molecule has 1 N–H and O–H groups in total. The summed E-state index contributed by atoms with van der Waals surface area (Å²) in [6.45, 7) is 3.13. The molecule has 5 heteroatoms. The second-order valence-corrected chi connectivity index (χ2v) is 6.95. The molecule has 0 aliphatic heterocycles. The van der Waals surface area contributed by atoms with E-state index in [1.165, 1.54) is 17.1 Å². The number of aromatic nitrogens is 2. The lowest BCUT2D eigenvalue weighted by atomic mass is 10.4. The summed E-state index contributed by atoms with van der Waals surface area (Å²) in [5.41, 5.74) is 0. The van der Waals surface area contributed by atoms with Crippen molar-refractivity contribution in [2.45, 2.75) is 41.3 Å². The molecule has 0 unspecified atom stereocenters. The SMILES string of the molecule is CCCNc1cc(Sc2cccs2)nc(C2CC2)n1. The number of nitrogens with one attached hydrogen (secondary N) is 1. The summed E-state index contributed by atoms with van der Waals surface area (Å²) in [7, 11) is 0. The lowest BCUT2D eigenvalue weighted by Gasteiger charge is -2.08. The number of anilines is 1. The second-order valence-electron chi connectivity index (χ2n) is 4.68. The van der Waals surface area contributed by atoms with Gasteiger partial charge in [0.05, 0.1) is 4.21 Å². The maximum Gasteiger partial charge on any atom is 0.135 e. The Hall–Kier alpha value is -1.07. The van der Waals surface area contributed by atoms with Crippen LogP contribution >= 0.6 is 23.1 Å². The van der Waals surface area contributed by atoms with Crippen LogP contribution in [0.2, 0.25) is 0 Å². The lowest BCUT2D eigenvalue weighted by Crippen LogP contribution is -2.05. The molecule has 2 heterocycles. The van der Waals surface area contributed by atoms with Crippen molar-refractivity contribution in [3.63, 3.8) is 0 Å². The van der Waals surface area contributed by atoms with Gasteiger partial charge in [0.1, 0.15) is 16.7 Å². The molecule has 0 atom stereocenters. The molecule has 0 bridgehead atoms. The predicted octanol–water partition coefficient (Wildman–Crippen LogP) is 4.39. The maximum absolute atomic E-state index is 4.70. The minimum atomic E-state index is 0.589. The van der Waals surface area contributed by atoms with Crippen molar-refractivity contribution in [1.82, 2.24) is 9.97 Å². The maximum atomic E-state index is 4.70. The average molecular weight is 291 g/mol. The smallest absolute Gasteiger partial charge is 0.135 e. The van der Waals surface area contributed by atoms with Crippen LogP contribution in [0.25, 0.3) is 0 Å². The third-order valence-corrected chi connectivity index (χ3v) is 4.87. The van der Waals surface area contributed by atoms with Crippen molar-refractivity contribution in [3.05, 3.63) is 29.4 Å². The minimum absolute atomic E-state index is 0.589. The van der Waals surface area contributed by atoms with Crippen molar-refractivity contribution in [1.29, 1.82) is 0 Å². The van der Waals surface area contributed by atoms with Crippen molar-refractivity contribution in [2.75, 3.05) is 11.9 Å². The first-order chi connectivity index (χ1) is 9.35. The highest BCUT2D eigenvalue weighted by Gasteiger charge is 2.27. The Morgan fingerprint density at radius 2 is 2.32 bits per heavy atom. The van der Waals surface area contributed by atoms with Gasteiger partial charge in [-0.1, -0.05) is 24.8 Å². The molecule has 100 valence electrons. The molecule has 2 aromatic heterocycles. The standard InChI is InChI=1S/C14H17N3S2/c1-2-7-15-11-9-12(19-13-4-3-8-18-13)17-14(16-11)10-5-6-10/h3-4,8-10H,2,5-7H2,1H3,(H,15,16,17). The molecule has 3 nitrogen and oxygen atoms in total. The normalized spacial score (nSPS) is 14.6. The molecular formula is C14H17N3S2. The Kier molecular flexibility index (Phi) is 4.03.